The number of rotatable bonds is 5. The Labute approximate surface area is 142 Å². The van der Waals surface area contributed by atoms with Crippen LogP contribution in [0.4, 0.5) is 11.6 Å². The predicted molar refractivity (Wildman–Crippen MR) is 94.6 cm³/mol. The van der Waals surface area contributed by atoms with Crippen LogP contribution in [-0.4, -0.2) is 49.8 Å². The molecule has 1 saturated heterocycles. The second-order valence-corrected chi connectivity index (χ2v) is 6.32. The van der Waals surface area contributed by atoms with Crippen LogP contribution < -0.4 is 10.2 Å². The van der Waals surface area contributed by atoms with Crippen LogP contribution in [0.2, 0.25) is 5.02 Å². The minimum atomic E-state index is 0.789. The Morgan fingerprint density at radius 2 is 1.87 bits per heavy atom. The molecule has 1 fully saturated rings. The number of benzene rings is 1. The molecule has 0 unspecified atom stereocenters. The molecule has 2 aromatic rings. The van der Waals surface area contributed by atoms with Gasteiger partial charge in [0, 0.05) is 56.0 Å². The summed E-state index contributed by atoms with van der Waals surface area (Å²) in [4.78, 5) is 4.91. The van der Waals surface area contributed by atoms with Gasteiger partial charge in [-0.25, -0.2) is 0 Å². The minimum absolute atomic E-state index is 0.789. The lowest BCUT2D eigenvalue weighted by Crippen LogP contribution is -2.47. The summed E-state index contributed by atoms with van der Waals surface area (Å²) in [5.74, 6) is 0.794. The molecule has 124 valence electrons. The normalized spacial score (nSPS) is 15.9. The highest BCUT2D eigenvalue weighted by atomic mass is 35.5. The topological polar surface area (TPSA) is 44.5 Å². The van der Waals surface area contributed by atoms with Gasteiger partial charge >= 0.3 is 0 Å². The van der Waals surface area contributed by atoms with Crippen molar-refractivity contribution < 1.29 is 4.52 Å². The van der Waals surface area contributed by atoms with Gasteiger partial charge in [-0.1, -0.05) is 16.8 Å². The molecular weight excluding hydrogens is 312 g/mol. The Hall–Kier alpha value is -1.72. The summed E-state index contributed by atoms with van der Waals surface area (Å²) in [6.45, 7) is 7.26. The highest BCUT2D eigenvalue weighted by Gasteiger charge is 2.19. The Morgan fingerprint density at radius 3 is 2.52 bits per heavy atom. The Morgan fingerprint density at radius 1 is 1.17 bits per heavy atom. The maximum atomic E-state index is 5.96. The third kappa shape index (κ3) is 3.79. The number of nitrogens with one attached hydrogen (secondary N) is 1. The van der Waals surface area contributed by atoms with Gasteiger partial charge < -0.3 is 14.7 Å². The zero-order valence-corrected chi connectivity index (χ0v) is 14.4. The van der Waals surface area contributed by atoms with Crippen molar-refractivity contribution >= 4 is 23.2 Å². The van der Waals surface area contributed by atoms with Crippen LogP contribution in [0.1, 0.15) is 11.3 Å². The van der Waals surface area contributed by atoms with Gasteiger partial charge in [0.15, 0.2) is 0 Å². The fourth-order valence-corrected chi connectivity index (χ4v) is 3.16. The number of aryl methyl sites for hydroxylation is 1. The van der Waals surface area contributed by atoms with E-state index in [1.165, 1.54) is 11.3 Å². The van der Waals surface area contributed by atoms with E-state index in [1.807, 2.05) is 26.1 Å². The van der Waals surface area contributed by atoms with Crippen molar-refractivity contribution in [2.45, 2.75) is 13.3 Å². The summed E-state index contributed by atoms with van der Waals surface area (Å²) in [6.07, 6.45) is 0.965. The monoisotopic (exact) mass is 334 g/mol. The standard InChI is InChI=1S/C17H23ClN4O/c1-13-16(17(19-2)23-20-13)7-8-21-9-11-22(12-10-21)15-5-3-14(18)4-6-15/h3-6,19H,7-12H2,1-2H3. The van der Waals surface area contributed by atoms with E-state index in [-0.39, 0.29) is 0 Å². The average molecular weight is 335 g/mol. The molecule has 23 heavy (non-hydrogen) atoms. The van der Waals surface area contributed by atoms with Gasteiger partial charge in [-0.05, 0) is 37.6 Å². The molecule has 2 heterocycles. The van der Waals surface area contributed by atoms with E-state index >= 15 is 0 Å². The van der Waals surface area contributed by atoms with Crippen molar-refractivity contribution in [2.24, 2.45) is 0 Å². The summed E-state index contributed by atoms with van der Waals surface area (Å²) < 4.78 is 5.27. The molecule has 0 atom stereocenters. The van der Waals surface area contributed by atoms with Gasteiger partial charge in [0.25, 0.3) is 0 Å². The molecule has 0 radical (unpaired) electrons. The molecule has 6 heteroatoms. The number of anilines is 2. The first kappa shape index (κ1) is 16.1. The summed E-state index contributed by atoms with van der Waals surface area (Å²) in [7, 11) is 1.87. The lowest BCUT2D eigenvalue weighted by Gasteiger charge is -2.36. The molecule has 1 aliphatic rings. The molecular formula is C17H23ClN4O. The molecule has 0 amide bonds. The van der Waals surface area contributed by atoms with Crippen molar-refractivity contribution in [3.63, 3.8) is 0 Å². The van der Waals surface area contributed by atoms with Crippen molar-refractivity contribution in [1.82, 2.24) is 10.1 Å². The number of hydrogen-bond donors (Lipinski definition) is 1. The predicted octanol–water partition coefficient (Wildman–Crippen LogP) is 3.04. The van der Waals surface area contributed by atoms with Gasteiger partial charge in [0.2, 0.25) is 5.88 Å². The SMILES string of the molecule is CNc1onc(C)c1CCN1CCN(c2ccc(Cl)cc2)CC1. The van der Waals surface area contributed by atoms with Crippen LogP contribution in [0, 0.1) is 6.92 Å². The number of aromatic nitrogens is 1. The van der Waals surface area contributed by atoms with E-state index in [9.17, 15) is 0 Å². The fourth-order valence-electron chi connectivity index (χ4n) is 3.03. The summed E-state index contributed by atoms with van der Waals surface area (Å²) in [5, 5.41) is 7.89. The van der Waals surface area contributed by atoms with Crippen molar-refractivity contribution in [3.05, 3.63) is 40.5 Å². The Kier molecular flexibility index (Phi) is 5.08. The summed E-state index contributed by atoms with van der Waals surface area (Å²) in [6, 6.07) is 8.10. The van der Waals surface area contributed by atoms with E-state index in [2.05, 4.69) is 32.4 Å². The number of nitrogens with zero attached hydrogens (tertiary/aromatic N) is 3. The zero-order valence-electron chi connectivity index (χ0n) is 13.7. The Bertz CT molecular complexity index is 633. The molecule has 1 N–H and O–H groups in total. The maximum Gasteiger partial charge on any atom is 0.227 e. The van der Waals surface area contributed by atoms with E-state index in [0.29, 0.717) is 0 Å². The molecule has 3 rings (SSSR count). The number of hydrogen-bond acceptors (Lipinski definition) is 5. The number of halogens is 1. The van der Waals surface area contributed by atoms with Crippen LogP contribution >= 0.6 is 11.6 Å². The van der Waals surface area contributed by atoms with E-state index < -0.39 is 0 Å². The second-order valence-electron chi connectivity index (χ2n) is 5.88. The van der Waals surface area contributed by atoms with Gasteiger partial charge in [-0.15, -0.1) is 0 Å². The molecule has 0 aliphatic carbocycles. The third-order valence-electron chi connectivity index (χ3n) is 4.45. The van der Waals surface area contributed by atoms with E-state index in [4.69, 9.17) is 16.1 Å². The largest absolute Gasteiger partial charge is 0.369 e. The quantitative estimate of drug-likeness (QED) is 0.910. The van der Waals surface area contributed by atoms with Gasteiger partial charge in [-0.3, -0.25) is 4.90 Å². The first-order valence-corrected chi connectivity index (χ1v) is 8.41. The third-order valence-corrected chi connectivity index (χ3v) is 4.71. The van der Waals surface area contributed by atoms with E-state index in [0.717, 1.165) is 55.7 Å². The molecule has 0 bridgehead atoms. The van der Waals surface area contributed by atoms with E-state index in [1.54, 1.807) is 0 Å². The molecule has 1 aromatic heterocycles. The van der Waals surface area contributed by atoms with Crippen LogP contribution in [-0.2, 0) is 6.42 Å². The van der Waals surface area contributed by atoms with Gasteiger partial charge in [-0.2, -0.15) is 0 Å². The maximum absolute atomic E-state index is 5.96. The smallest absolute Gasteiger partial charge is 0.227 e. The highest BCUT2D eigenvalue weighted by molar-refractivity contribution is 6.30. The van der Waals surface area contributed by atoms with Gasteiger partial charge in [0.05, 0.1) is 5.69 Å². The lowest BCUT2D eigenvalue weighted by molar-refractivity contribution is 0.261. The molecule has 1 aromatic carbocycles. The van der Waals surface area contributed by atoms with Crippen LogP contribution in [0.15, 0.2) is 28.8 Å². The van der Waals surface area contributed by atoms with Crippen molar-refractivity contribution in [3.8, 4) is 0 Å². The van der Waals surface area contributed by atoms with Crippen molar-refractivity contribution in [1.29, 1.82) is 0 Å². The minimum Gasteiger partial charge on any atom is -0.369 e. The molecule has 1 aliphatic heterocycles. The zero-order chi connectivity index (χ0) is 16.2. The summed E-state index contributed by atoms with van der Waals surface area (Å²) in [5.41, 5.74) is 3.42. The van der Waals surface area contributed by atoms with Crippen LogP contribution in [0.3, 0.4) is 0 Å². The summed E-state index contributed by atoms with van der Waals surface area (Å²) >= 11 is 5.96. The molecule has 0 saturated carbocycles. The highest BCUT2D eigenvalue weighted by Crippen LogP contribution is 2.21. The lowest BCUT2D eigenvalue weighted by atomic mass is 10.1. The fraction of sp³-hybridized carbons (Fsp3) is 0.471. The second kappa shape index (κ2) is 7.23. The van der Waals surface area contributed by atoms with Crippen LogP contribution in [0.25, 0.3) is 0 Å². The molecule has 5 nitrogen and oxygen atoms in total. The first-order chi connectivity index (χ1) is 11.2. The first-order valence-electron chi connectivity index (χ1n) is 8.03. The Balaban J connectivity index is 1.51. The number of piperazine rings is 1. The average Bonchev–Trinajstić information content (AvgIpc) is 2.94. The van der Waals surface area contributed by atoms with Crippen molar-refractivity contribution in [2.75, 3.05) is 50.0 Å². The molecule has 0 spiro atoms. The van der Waals surface area contributed by atoms with Crippen LogP contribution in [0.5, 0.6) is 0 Å². The van der Waals surface area contributed by atoms with Gasteiger partial charge in [0.1, 0.15) is 0 Å².